The van der Waals surface area contributed by atoms with Crippen LogP contribution in [0, 0.1) is 0 Å². The minimum absolute atomic E-state index is 0. The average molecular weight is 595 g/mol. The number of carbonyl (C=O) groups is 2. The predicted octanol–water partition coefficient (Wildman–Crippen LogP) is 12.5. The number of hydrogen-bond acceptors (Lipinski definition) is 2. The summed E-state index contributed by atoms with van der Waals surface area (Å²) in [5.74, 6) is -1.31. The molecule has 4 nitrogen and oxygen atoms in total. The second kappa shape index (κ2) is 41.8. The summed E-state index contributed by atoms with van der Waals surface area (Å²) < 4.78 is 0. The molecule has 0 aliphatic rings. The third kappa shape index (κ3) is 49.7. The average Bonchev–Trinajstić information content (AvgIpc) is 2.93. The van der Waals surface area contributed by atoms with Gasteiger partial charge in [-0.1, -0.05) is 194 Å². The Kier molecular flexibility index (Phi) is 46.1. The molecule has 0 aromatic carbocycles. The van der Waals surface area contributed by atoms with Crippen LogP contribution >= 0.6 is 0 Å². The largest absolute Gasteiger partial charge is 2.00 e. The van der Waals surface area contributed by atoms with E-state index in [1.165, 1.54) is 167 Å². The molecule has 0 amide bonds. The molecule has 0 aliphatic carbocycles. The van der Waals surface area contributed by atoms with E-state index in [4.69, 9.17) is 10.2 Å². The van der Waals surface area contributed by atoms with Crippen molar-refractivity contribution in [3.8, 4) is 0 Å². The van der Waals surface area contributed by atoms with Crippen molar-refractivity contribution in [1.29, 1.82) is 0 Å². The van der Waals surface area contributed by atoms with E-state index < -0.39 is 11.9 Å². The summed E-state index contributed by atoms with van der Waals surface area (Å²) in [6, 6.07) is 0. The standard InChI is InChI=1S/2C18H36O2.Mg.2H/c2*1-2-3-4-5-6-7-8-9-10-11-12-13-14-15-16-17-18(19)20;;;/h2*2-17H2,1H3,(H,19,20);;;/q;;+2;2*-1. The zero-order valence-electron chi connectivity index (χ0n) is 30.0. The van der Waals surface area contributed by atoms with Crippen LogP contribution in [0.4, 0.5) is 0 Å². The van der Waals surface area contributed by atoms with E-state index in [2.05, 4.69) is 13.8 Å². The van der Waals surface area contributed by atoms with Crippen molar-refractivity contribution in [3.63, 3.8) is 0 Å². The first-order valence-electron chi connectivity index (χ1n) is 18.0. The molecular weight excluding hydrogens is 521 g/mol. The van der Waals surface area contributed by atoms with Crippen molar-refractivity contribution in [1.82, 2.24) is 0 Å². The zero-order valence-corrected chi connectivity index (χ0v) is 29.5. The van der Waals surface area contributed by atoms with Crippen LogP contribution < -0.4 is 0 Å². The molecule has 0 spiro atoms. The third-order valence-electron chi connectivity index (χ3n) is 7.99. The first kappa shape index (κ1) is 45.1. The van der Waals surface area contributed by atoms with Crippen molar-refractivity contribution in [3.05, 3.63) is 0 Å². The quantitative estimate of drug-likeness (QED) is 0.0599. The van der Waals surface area contributed by atoms with Crippen LogP contribution in [-0.2, 0) is 9.59 Å². The molecule has 0 fully saturated rings. The van der Waals surface area contributed by atoms with Crippen molar-refractivity contribution in [2.24, 2.45) is 0 Å². The molecule has 0 unspecified atom stereocenters. The van der Waals surface area contributed by atoms with Crippen molar-refractivity contribution >= 4 is 35.0 Å². The fraction of sp³-hybridized carbons (Fsp3) is 0.944. The van der Waals surface area contributed by atoms with Gasteiger partial charge in [0.2, 0.25) is 0 Å². The van der Waals surface area contributed by atoms with E-state index in [1.54, 1.807) is 0 Å². The van der Waals surface area contributed by atoms with Gasteiger partial charge in [0.05, 0.1) is 0 Å². The molecule has 0 heterocycles. The number of rotatable bonds is 32. The van der Waals surface area contributed by atoms with Crippen LogP contribution in [0.15, 0.2) is 0 Å². The maximum Gasteiger partial charge on any atom is 2.00 e. The number of carboxylic acids is 2. The predicted molar refractivity (Wildman–Crippen MR) is 182 cm³/mol. The summed E-state index contributed by atoms with van der Waals surface area (Å²) in [4.78, 5) is 20.7. The van der Waals surface area contributed by atoms with Crippen LogP contribution in [0.3, 0.4) is 0 Å². The summed E-state index contributed by atoms with van der Waals surface area (Å²) in [6.45, 7) is 4.54. The molecule has 2 N–H and O–H groups in total. The molecule has 5 heteroatoms. The van der Waals surface area contributed by atoms with Gasteiger partial charge in [0.25, 0.3) is 0 Å². The molecule has 41 heavy (non-hydrogen) atoms. The normalized spacial score (nSPS) is 10.6. The molecule has 0 aliphatic heterocycles. The van der Waals surface area contributed by atoms with Crippen LogP contribution in [0.2, 0.25) is 0 Å². The number of unbranched alkanes of at least 4 members (excludes halogenated alkanes) is 28. The fourth-order valence-corrected chi connectivity index (χ4v) is 5.30. The Bertz CT molecular complexity index is 466. The Labute approximate surface area is 276 Å². The molecule has 244 valence electrons. The molecule has 0 rings (SSSR count). The van der Waals surface area contributed by atoms with Crippen LogP contribution in [0.25, 0.3) is 0 Å². The first-order chi connectivity index (χ1) is 19.5. The minimum atomic E-state index is -0.653. The number of aliphatic carboxylic acids is 2. The van der Waals surface area contributed by atoms with E-state index in [9.17, 15) is 9.59 Å². The monoisotopic (exact) mass is 595 g/mol. The van der Waals surface area contributed by atoms with Gasteiger partial charge in [0, 0.05) is 12.8 Å². The first-order valence-corrected chi connectivity index (χ1v) is 18.0. The summed E-state index contributed by atoms with van der Waals surface area (Å²) in [5.41, 5.74) is 0. The van der Waals surface area contributed by atoms with Crippen molar-refractivity contribution in [2.75, 3.05) is 0 Å². The van der Waals surface area contributed by atoms with Crippen molar-refractivity contribution in [2.45, 2.75) is 219 Å². The molecule has 0 atom stereocenters. The van der Waals surface area contributed by atoms with E-state index in [-0.39, 0.29) is 25.9 Å². The van der Waals surface area contributed by atoms with E-state index in [0.717, 1.165) is 25.7 Å². The molecular formula is C36H74MgO4. The molecule has 0 saturated heterocycles. The number of hydrogen-bond donors (Lipinski definition) is 2. The van der Waals surface area contributed by atoms with E-state index in [1.807, 2.05) is 0 Å². The third-order valence-corrected chi connectivity index (χ3v) is 7.99. The minimum Gasteiger partial charge on any atom is -1.00 e. The van der Waals surface area contributed by atoms with Crippen LogP contribution in [0.1, 0.15) is 222 Å². The molecule has 0 aromatic rings. The summed E-state index contributed by atoms with van der Waals surface area (Å²) in [7, 11) is 0. The van der Waals surface area contributed by atoms with Crippen molar-refractivity contribution < 1.29 is 22.7 Å². The fourth-order valence-electron chi connectivity index (χ4n) is 5.30. The van der Waals surface area contributed by atoms with Gasteiger partial charge in [0.1, 0.15) is 0 Å². The van der Waals surface area contributed by atoms with Crippen LogP contribution in [-0.4, -0.2) is 45.2 Å². The Morgan fingerprint density at radius 2 is 0.488 bits per heavy atom. The van der Waals surface area contributed by atoms with Gasteiger partial charge in [-0.2, -0.15) is 0 Å². The van der Waals surface area contributed by atoms with Crippen LogP contribution in [0.5, 0.6) is 0 Å². The Balaban J connectivity index is -0.000000209. The van der Waals surface area contributed by atoms with Gasteiger partial charge in [-0.15, -0.1) is 0 Å². The summed E-state index contributed by atoms with van der Waals surface area (Å²) >= 11 is 0. The van der Waals surface area contributed by atoms with Gasteiger partial charge in [-0.3, -0.25) is 9.59 Å². The van der Waals surface area contributed by atoms with E-state index >= 15 is 0 Å². The smallest absolute Gasteiger partial charge is 1.00 e. The van der Waals surface area contributed by atoms with Gasteiger partial charge >= 0.3 is 35.0 Å². The van der Waals surface area contributed by atoms with Gasteiger partial charge in [0.15, 0.2) is 0 Å². The summed E-state index contributed by atoms with van der Waals surface area (Å²) in [6.07, 6.45) is 40.4. The Hall–Kier alpha value is -0.294. The van der Waals surface area contributed by atoms with Gasteiger partial charge < -0.3 is 13.1 Å². The van der Waals surface area contributed by atoms with Gasteiger partial charge in [-0.25, -0.2) is 0 Å². The molecule has 0 saturated carbocycles. The topological polar surface area (TPSA) is 74.6 Å². The van der Waals surface area contributed by atoms with Gasteiger partial charge in [-0.05, 0) is 12.8 Å². The number of carboxylic acid groups (broad SMARTS) is 2. The molecule has 0 aromatic heterocycles. The maximum atomic E-state index is 10.3. The second-order valence-corrected chi connectivity index (χ2v) is 12.2. The maximum absolute atomic E-state index is 10.3. The molecule has 0 radical (unpaired) electrons. The zero-order chi connectivity index (χ0) is 29.8. The SMILES string of the molecule is CCCCCCCCCCCCCCCCCC(=O)O.CCCCCCCCCCCCCCCCCC(=O)O.[H-].[H-].[Mg+2]. The van der Waals surface area contributed by atoms with E-state index in [0.29, 0.717) is 12.8 Å². The summed E-state index contributed by atoms with van der Waals surface area (Å²) in [5, 5.41) is 17.0. The Morgan fingerprint density at radius 3 is 0.634 bits per heavy atom. The second-order valence-electron chi connectivity index (χ2n) is 12.2. The Morgan fingerprint density at radius 1 is 0.341 bits per heavy atom. The molecule has 0 bridgehead atoms.